The van der Waals surface area contributed by atoms with Crippen LogP contribution in [0.4, 0.5) is 0 Å². The molecular formula is C16H25NO3. The summed E-state index contributed by atoms with van der Waals surface area (Å²) in [5, 5.41) is 10.7. The molecule has 0 bridgehead atoms. The molecule has 0 saturated carbocycles. The van der Waals surface area contributed by atoms with Crippen LogP contribution in [0.2, 0.25) is 0 Å². The lowest BCUT2D eigenvalue weighted by molar-refractivity contribution is -0.0895. The van der Waals surface area contributed by atoms with E-state index in [0.29, 0.717) is 6.61 Å². The maximum absolute atomic E-state index is 10.7. The molecule has 20 heavy (non-hydrogen) atoms. The normalized spacial score (nSPS) is 21.8. The third-order valence-corrected chi connectivity index (χ3v) is 3.99. The van der Waals surface area contributed by atoms with Gasteiger partial charge in [0.05, 0.1) is 13.7 Å². The molecule has 1 aromatic rings. The number of aryl methyl sites for hydroxylation is 2. The van der Waals surface area contributed by atoms with E-state index in [1.165, 1.54) is 0 Å². The molecular weight excluding hydrogens is 254 g/mol. The molecule has 1 aliphatic heterocycles. The Balaban J connectivity index is 2.26. The molecule has 1 fully saturated rings. The third-order valence-electron chi connectivity index (χ3n) is 3.99. The fraction of sp³-hybridized carbons (Fsp3) is 0.625. The molecule has 4 nitrogen and oxygen atoms in total. The first-order valence-electron chi connectivity index (χ1n) is 7.24. The largest absolute Gasteiger partial charge is 0.496 e. The molecule has 0 spiro atoms. The smallest absolute Gasteiger partial charge is 0.125 e. The molecule has 2 unspecified atom stereocenters. The predicted octanol–water partition coefficient (Wildman–Crippen LogP) is 2.07. The van der Waals surface area contributed by atoms with Gasteiger partial charge in [-0.1, -0.05) is 13.0 Å². The quantitative estimate of drug-likeness (QED) is 0.916. The number of benzene rings is 1. The van der Waals surface area contributed by atoms with E-state index in [0.717, 1.165) is 42.1 Å². The maximum Gasteiger partial charge on any atom is 0.125 e. The molecule has 0 aliphatic carbocycles. The molecule has 1 aliphatic rings. The molecule has 1 saturated heterocycles. The van der Waals surface area contributed by atoms with E-state index in [2.05, 4.69) is 17.9 Å². The van der Waals surface area contributed by atoms with Crippen molar-refractivity contribution in [1.82, 2.24) is 4.90 Å². The zero-order valence-electron chi connectivity index (χ0n) is 12.8. The Labute approximate surface area is 121 Å². The number of methoxy groups -OCH3 is 1. The highest BCUT2D eigenvalue weighted by Gasteiger charge is 2.30. The van der Waals surface area contributed by atoms with Gasteiger partial charge >= 0.3 is 0 Å². The van der Waals surface area contributed by atoms with Gasteiger partial charge in [-0.15, -0.1) is 0 Å². The molecule has 4 heteroatoms. The van der Waals surface area contributed by atoms with Crippen LogP contribution in [0.3, 0.4) is 0 Å². The number of rotatable bonds is 4. The summed E-state index contributed by atoms with van der Waals surface area (Å²) < 4.78 is 11.2. The van der Waals surface area contributed by atoms with Crippen LogP contribution >= 0.6 is 0 Å². The lowest BCUT2D eigenvalue weighted by Crippen LogP contribution is -2.45. The van der Waals surface area contributed by atoms with Crippen molar-refractivity contribution in [2.24, 2.45) is 0 Å². The highest BCUT2D eigenvalue weighted by Crippen LogP contribution is 2.33. The molecule has 2 atom stereocenters. The fourth-order valence-electron chi connectivity index (χ4n) is 2.88. The predicted molar refractivity (Wildman–Crippen MR) is 79.3 cm³/mol. The minimum Gasteiger partial charge on any atom is -0.496 e. The molecule has 112 valence electrons. The van der Waals surface area contributed by atoms with Crippen molar-refractivity contribution < 1.29 is 14.6 Å². The van der Waals surface area contributed by atoms with Crippen LogP contribution in [-0.4, -0.2) is 49.5 Å². The van der Waals surface area contributed by atoms with E-state index in [9.17, 15) is 5.11 Å². The number of likely N-dealkylation sites (N-methyl/N-ethyl adjacent to an activating group) is 1. The van der Waals surface area contributed by atoms with Gasteiger partial charge in [0, 0.05) is 18.7 Å². The number of morpholine rings is 1. The van der Waals surface area contributed by atoms with Crippen LogP contribution in [0, 0.1) is 13.8 Å². The minimum absolute atomic E-state index is 0.195. The van der Waals surface area contributed by atoms with E-state index < -0.39 is 6.10 Å². The standard InChI is InChI=1S/C16H25NO3/c1-5-17-6-7-20-14(10-17)16(18)15-12(3)8-11(2)9-13(15)19-4/h8-9,14,16,18H,5-7,10H2,1-4H3. The van der Waals surface area contributed by atoms with E-state index in [1.807, 2.05) is 19.9 Å². The molecule has 0 aromatic heterocycles. The lowest BCUT2D eigenvalue weighted by Gasteiger charge is -2.35. The summed E-state index contributed by atoms with van der Waals surface area (Å²) >= 11 is 0. The topological polar surface area (TPSA) is 41.9 Å². The van der Waals surface area contributed by atoms with E-state index in [4.69, 9.17) is 9.47 Å². The number of aliphatic hydroxyl groups excluding tert-OH is 1. The van der Waals surface area contributed by atoms with Crippen LogP contribution in [0.25, 0.3) is 0 Å². The zero-order valence-corrected chi connectivity index (χ0v) is 12.8. The fourth-order valence-corrected chi connectivity index (χ4v) is 2.88. The summed E-state index contributed by atoms with van der Waals surface area (Å²) in [5.41, 5.74) is 3.03. The van der Waals surface area contributed by atoms with Gasteiger partial charge in [0.2, 0.25) is 0 Å². The SMILES string of the molecule is CCN1CCOC(C(O)c2c(C)cc(C)cc2OC)C1. The first-order chi connectivity index (χ1) is 9.56. The number of ether oxygens (including phenoxy) is 2. The summed E-state index contributed by atoms with van der Waals surface area (Å²) in [7, 11) is 1.64. The van der Waals surface area contributed by atoms with Crippen molar-refractivity contribution in [2.75, 3.05) is 33.4 Å². The minimum atomic E-state index is -0.653. The van der Waals surface area contributed by atoms with E-state index >= 15 is 0 Å². The summed E-state index contributed by atoms with van der Waals surface area (Å²) in [6.07, 6.45) is -0.848. The summed E-state index contributed by atoms with van der Waals surface area (Å²) in [5.74, 6) is 0.743. The molecule has 1 heterocycles. The van der Waals surface area contributed by atoms with Gasteiger partial charge in [0.25, 0.3) is 0 Å². The van der Waals surface area contributed by atoms with Gasteiger partial charge in [-0.25, -0.2) is 0 Å². The van der Waals surface area contributed by atoms with Gasteiger partial charge < -0.3 is 14.6 Å². The highest BCUT2D eigenvalue weighted by molar-refractivity contribution is 5.44. The van der Waals surface area contributed by atoms with Gasteiger partial charge in [-0.3, -0.25) is 4.90 Å². The number of hydrogen-bond acceptors (Lipinski definition) is 4. The average molecular weight is 279 g/mol. The second-order valence-electron chi connectivity index (χ2n) is 5.45. The van der Waals surface area contributed by atoms with Crippen molar-refractivity contribution >= 4 is 0 Å². The van der Waals surface area contributed by atoms with Crippen molar-refractivity contribution in [3.8, 4) is 5.75 Å². The highest BCUT2D eigenvalue weighted by atomic mass is 16.5. The van der Waals surface area contributed by atoms with Gasteiger partial charge in [-0.2, -0.15) is 0 Å². The number of hydrogen-bond donors (Lipinski definition) is 1. The Morgan fingerprint density at radius 3 is 2.85 bits per heavy atom. The Morgan fingerprint density at radius 1 is 1.45 bits per heavy atom. The van der Waals surface area contributed by atoms with Crippen LogP contribution < -0.4 is 4.74 Å². The second-order valence-corrected chi connectivity index (χ2v) is 5.45. The maximum atomic E-state index is 10.7. The van der Waals surface area contributed by atoms with E-state index in [-0.39, 0.29) is 6.10 Å². The van der Waals surface area contributed by atoms with Crippen LogP contribution in [0.15, 0.2) is 12.1 Å². The van der Waals surface area contributed by atoms with Crippen LogP contribution in [-0.2, 0) is 4.74 Å². The van der Waals surface area contributed by atoms with Gasteiger partial charge in [0.15, 0.2) is 0 Å². The van der Waals surface area contributed by atoms with Crippen LogP contribution in [0.5, 0.6) is 5.75 Å². The zero-order chi connectivity index (χ0) is 14.7. The van der Waals surface area contributed by atoms with Crippen molar-refractivity contribution in [3.05, 3.63) is 28.8 Å². The molecule has 1 aromatic carbocycles. The van der Waals surface area contributed by atoms with E-state index in [1.54, 1.807) is 7.11 Å². The molecule has 0 radical (unpaired) electrons. The Kier molecular flexibility index (Phi) is 5.02. The summed E-state index contributed by atoms with van der Waals surface area (Å²) in [6, 6.07) is 4.04. The third kappa shape index (κ3) is 3.14. The molecule has 1 N–H and O–H groups in total. The van der Waals surface area contributed by atoms with Crippen LogP contribution in [0.1, 0.15) is 29.7 Å². The van der Waals surface area contributed by atoms with Crippen molar-refractivity contribution in [3.63, 3.8) is 0 Å². The second kappa shape index (κ2) is 6.57. The molecule has 0 amide bonds. The van der Waals surface area contributed by atoms with Crippen molar-refractivity contribution in [2.45, 2.75) is 33.0 Å². The first-order valence-corrected chi connectivity index (χ1v) is 7.24. The first kappa shape index (κ1) is 15.3. The Bertz CT molecular complexity index is 461. The number of nitrogens with zero attached hydrogens (tertiary/aromatic N) is 1. The average Bonchev–Trinajstić information content (AvgIpc) is 2.45. The summed E-state index contributed by atoms with van der Waals surface area (Å²) in [6.45, 7) is 9.51. The monoisotopic (exact) mass is 279 g/mol. The van der Waals surface area contributed by atoms with Gasteiger partial charge in [0.1, 0.15) is 18.0 Å². The lowest BCUT2D eigenvalue weighted by atomic mass is 9.95. The van der Waals surface area contributed by atoms with Crippen molar-refractivity contribution in [1.29, 1.82) is 0 Å². The van der Waals surface area contributed by atoms with Gasteiger partial charge in [-0.05, 0) is 37.6 Å². The molecule has 2 rings (SSSR count). The Morgan fingerprint density at radius 2 is 2.20 bits per heavy atom. The number of aliphatic hydroxyl groups is 1. The Hall–Kier alpha value is -1.10. The summed E-state index contributed by atoms with van der Waals surface area (Å²) in [4.78, 5) is 2.30.